The van der Waals surface area contributed by atoms with Crippen molar-refractivity contribution >= 4 is 0 Å². The molecule has 12 heavy (non-hydrogen) atoms. The number of aliphatic hydroxyl groups excluding tert-OH is 1. The Hall–Kier alpha value is -0.160. The summed E-state index contributed by atoms with van der Waals surface area (Å²) in [5.41, 5.74) is 0. The molecule has 76 valence electrons. The molecule has 0 heterocycles. The van der Waals surface area contributed by atoms with Gasteiger partial charge in [0, 0.05) is 6.54 Å². The van der Waals surface area contributed by atoms with Crippen LogP contribution in [0.1, 0.15) is 13.8 Å². The van der Waals surface area contributed by atoms with Crippen molar-refractivity contribution in [3.63, 3.8) is 0 Å². The van der Waals surface area contributed by atoms with Crippen LogP contribution in [0.4, 0.5) is 0 Å². The Bertz CT molecular complexity index is 77.5. The molecule has 0 amide bonds. The normalized spacial score (nSPS) is 10.0. The minimum absolute atomic E-state index is 0. The van der Waals surface area contributed by atoms with Gasteiger partial charge in [-0.3, -0.25) is 0 Å². The van der Waals surface area contributed by atoms with E-state index in [0.717, 1.165) is 26.2 Å². The molecule has 0 aromatic carbocycles. The third-order valence-electron chi connectivity index (χ3n) is 1.68. The number of ether oxygens (including phenoxy) is 1. The van der Waals surface area contributed by atoms with Crippen LogP contribution in [-0.2, 0) is 4.74 Å². The van der Waals surface area contributed by atoms with Gasteiger partial charge < -0.3 is 20.9 Å². The predicted octanol–water partition coefficient (Wildman–Crippen LogP) is 0.499. The van der Waals surface area contributed by atoms with E-state index in [2.05, 4.69) is 18.7 Å². The SMILES string of the molecule is CCN(CC)CCOCCO.N. The molecule has 0 aromatic heterocycles. The molecular formula is C8H22N2O2. The summed E-state index contributed by atoms with van der Waals surface area (Å²) in [6.07, 6.45) is 0. The summed E-state index contributed by atoms with van der Waals surface area (Å²) in [5, 5.41) is 8.41. The third kappa shape index (κ3) is 7.94. The standard InChI is InChI=1S/C8H19NO2.H3N/c1-3-9(4-2)5-7-11-8-6-10;/h10H,3-8H2,1-2H3;1H3. The molecule has 4 nitrogen and oxygen atoms in total. The topological polar surface area (TPSA) is 67.7 Å². The van der Waals surface area contributed by atoms with Gasteiger partial charge in [-0.25, -0.2) is 0 Å². The van der Waals surface area contributed by atoms with E-state index in [1.54, 1.807) is 0 Å². The van der Waals surface area contributed by atoms with Crippen LogP contribution in [0.15, 0.2) is 0 Å². The van der Waals surface area contributed by atoms with Crippen molar-refractivity contribution in [1.82, 2.24) is 11.1 Å². The first-order valence-corrected chi connectivity index (χ1v) is 4.26. The van der Waals surface area contributed by atoms with Crippen LogP contribution < -0.4 is 6.15 Å². The lowest BCUT2D eigenvalue weighted by Crippen LogP contribution is -2.27. The van der Waals surface area contributed by atoms with Crippen LogP contribution >= 0.6 is 0 Å². The fourth-order valence-electron chi connectivity index (χ4n) is 0.900. The fourth-order valence-corrected chi connectivity index (χ4v) is 0.900. The maximum absolute atomic E-state index is 8.41. The number of nitrogens with zero attached hydrogens (tertiary/aromatic N) is 1. The highest BCUT2D eigenvalue weighted by Gasteiger charge is 1.96. The van der Waals surface area contributed by atoms with E-state index in [-0.39, 0.29) is 12.8 Å². The van der Waals surface area contributed by atoms with Crippen LogP contribution in [0.25, 0.3) is 0 Å². The molecular weight excluding hydrogens is 156 g/mol. The highest BCUT2D eigenvalue weighted by Crippen LogP contribution is 1.86. The lowest BCUT2D eigenvalue weighted by molar-refractivity contribution is 0.0757. The van der Waals surface area contributed by atoms with Crippen molar-refractivity contribution < 1.29 is 9.84 Å². The third-order valence-corrected chi connectivity index (χ3v) is 1.68. The molecule has 0 unspecified atom stereocenters. The Labute approximate surface area is 75.1 Å². The molecule has 0 aliphatic carbocycles. The Balaban J connectivity index is 0. The van der Waals surface area contributed by atoms with Crippen molar-refractivity contribution in [3.8, 4) is 0 Å². The van der Waals surface area contributed by atoms with Gasteiger partial charge in [0.15, 0.2) is 0 Å². The van der Waals surface area contributed by atoms with Gasteiger partial charge in [0.05, 0.1) is 19.8 Å². The summed E-state index contributed by atoms with van der Waals surface area (Å²) in [6, 6.07) is 0. The molecule has 0 saturated heterocycles. The average molecular weight is 178 g/mol. The maximum Gasteiger partial charge on any atom is 0.0698 e. The molecule has 4 N–H and O–H groups in total. The summed E-state index contributed by atoms with van der Waals surface area (Å²) in [7, 11) is 0. The van der Waals surface area contributed by atoms with E-state index in [1.165, 1.54) is 0 Å². The molecule has 0 rings (SSSR count). The minimum atomic E-state index is 0. The van der Waals surface area contributed by atoms with Crippen LogP contribution in [0.2, 0.25) is 0 Å². The number of likely N-dealkylation sites (N-methyl/N-ethyl adjacent to an activating group) is 1. The molecule has 4 heteroatoms. The largest absolute Gasteiger partial charge is 0.394 e. The summed E-state index contributed by atoms with van der Waals surface area (Å²) in [6.45, 7) is 8.68. The molecule has 0 saturated carbocycles. The Kier molecular flexibility index (Phi) is 13.0. The van der Waals surface area contributed by atoms with Gasteiger partial charge in [-0.15, -0.1) is 0 Å². The van der Waals surface area contributed by atoms with Crippen LogP contribution in [-0.4, -0.2) is 49.5 Å². The number of hydrogen-bond donors (Lipinski definition) is 2. The lowest BCUT2D eigenvalue weighted by Gasteiger charge is -2.17. The molecule has 0 atom stereocenters. The smallest absolute Gasteiger partial charge is 0.0698 e. The molecule has 0 radical (unpaired) electrons. The molecule has 0 bridgehead atoms. The molecule has 0 fully saturated rings. The van der Waals surface area contributed by atoms with Gasteiger partial charge in [0.25, 0.3) is 0 Å². The van der Waals surface area contributed by atoms with E-state index in [0.29, 0.717) is 6.61 Å². The van der Waals surface area contributed by atoms with Crippen molar-refractivity contribution in [2.24, 2.45) is 0 Å². The second-order valence-electron chi connectivity index (χ2n) is 2.36. The first kappa shape index (κ1) is 14.4. The van der Waals surface area contributed by atoms with Gasteiger partial charge in [-0.2, -0.15) is 0 Å². The van der Waals surface area contributed by atoms with Gasteiger partial charge in [-0.1, -0.05) is 13.8 Å². The van der Waals surface area contributed by atoms with E-state index in [4.69, 9.17) is 9.84 Å². The van der Waals surface area contributed by atoms with E-state index in [1.807, 2.05) is 0 Å². The minimum Gasteiger partial charge on any atom is -0.394 e. The van der Waals surface area contributed by atoms with Gasteiger partial charge in [0.2, 0.25) is 0 Å². The zero-order valence-corrected chi connectivity index (χ0v) is 8.25. The van der Waals surface area contributed by atoms with Crippen molar-refractivity contribution in [2.75, 3.05) is 39.5 Å². The van der Waals surface area contributed by atoms with Crippen LogP contribution in [0, 0.1) is 0 Å². The maximum atomic E-state index is 8.41. The van der Waals surface area contributed by atoms with Crippen molar-refractivity contribution in [1.29, 1.82) is 0 Å². The monoisotopic (exact) mass is 178 g/mol. The summed E-state index contributed by atoms with van der Waals surface area (Å²) in [5.74, 6) is 0. The lowest BCUT2D eigenvalue weighted by atomic mass is 10.5. The van der Waals surface area contributed by atoms with Gasteiger partial charge in [0.1, 0.15) is 0 Å². The number of aliphatic hydroxyl groups is 1. The molecule has 0 aliphatic heterocycles. The molecule has 0 aliphatic rings. The Morgan fingerprint density at radius 2 is 1.75 bits per heavy atom. The highest BCUT2D eigenvalue weighted by molar-refractivity contribution is 4.49. The van der Waals surface area contributed by atoms with E-state index < -0.39 is 0 Å². The fraction of sp³-hybridized carbons (Fsp3) is 1.00. The molecule has 0 spiro atoms. The number of hydrogen-bond acceptors (Lipinski definition) is 4. The predicted molar refractivity (Wildman–Crippen MR) is 50.7 cm³/mol. The summed E-state index contributed by atoms with van der Waals surface area (Å²) < 4.78 is 5.13. The van der Waals surface area contributed by atoms with Gasteiger partial charge >= 0.3 is 0 Å². The zero-order valence-electron chi connectivity index (χ0n) is 8.25. The summed E-state index contributed by atoms with van der Waals surface area (Å²) >= 11 is 0. The average Bonchev–Trinajstić information content (AvgIpc) is 2.05. The highest BCUT2D eigenvalue weighted by atomic mass is 16.5. The van der Waals surface area contributed by atoms with Crippen LogP contribution in [0.5, 0.6) is 0 Å². The first-order valence-electron chi connectivity index (χ1n) is 4.26. The quantitative estimate of drug-likeness (QED) is 0.557. The second-order valence-corrected chi connectivity index (χ2v) is 2.36. The van der Waals surface area contributed by atoms with Crippen LogP contribution in [0.3, 0.4) is 0 Å². The van der Waals surface area contributed by atoms with E-state index in [9.17, 15) is 0 Å². The van der Waals surface area contributed by atoms with E-state index >= 15 is 0 Å². The zero-order chi connectivity index (χ0) is 8.53. The van der Waals surface area contributed by atoms with Gasteiger partial charge in [-0.05, 0) is 13.1 Å². The Morgan fingerprint density at radius 1 is 1.17 bits per heavy atom. The van der Waals surface area contributed by atoms with Crippen molar-refractivity contribution in [2.45, 2.75) is 13.8 Å². The molecule has 0 aromatic rings. The first-order chi connectivity index (χ1) is 5.35. The second kappa shape index (κ2) is 10.8. The van der Waals surface area contributed by atoms with Crippen molar-refractivity contribution in [3.05, 3.63) is 0 Å². The Morgan fingerprint density at radius 3 is 2.17 bits per heavy atom. The number of rotatable bonds is 7. The summed E-state index contributed by atoms with van der Waals surface area (Å²) in [4.78, 5) is 2.29.